The van der Waals surface area contributed by atoms with Gasteiger partial charge in [-0.2, -0.15) is 52.7 Å². The van der Waals surface area contributed by atoms with Crippen LogP contribution in [0.5, 0.6) is 0 Å². The van der Waals surface area contributed by atoms with Crippen LogP contribution in [0.1, 0.15) is 38.7 Å². The molecule has 0 aliphatic heterocycles. The molecule has 0 atom stereocenters. The van der Waals surface area contributed by atoms with Gasteiger partial charge in [-0.3, -0.25) is 0 Å². The minimum atomic E-state index is -4.98. The second-order valence-electron chi connectivity index (χ2n) is 9.39. The van der Waals surface area contributed by atoms with Gasteiger partial charge in [0, 0.05) is 23.1 Å². The van der Waals surface area contributed by atoms with Crippen LogP contribution in [-0.4, -0.2) is 71.0 Å². The summed E-state index contributed by atoms with van der Waals surface area (Å²) in [6, 6.07) is 11.5. The number of halogens is 12. The zero-order valence-corrected chi connectivity index (χ0v) is 33.6. The summed E-state index contributed by atoms with van der Waals surface area (Å²) in [4.78, 5) is 85.9. The van der Waals surface area contributed by atoms with Crippen molar-refractivity contribution in [3.05, 3.63) is 115 Å². The number of ketones is 8. The molecule has 0 N–H and O–H groups in total. The molecule has 4 heterocycles. The smallest absolute Gasteiger partial charge is 0.330 e. The Balaban J connectivity index is 0.000000729. The average molecular weight is 1020 g/mol. The molecular formula is C32H16CeF12O8S4. The quantitative estimate of drug-likeness (QED) is 0.0594. The normalized spacial score (nSPS) is 10.9. The Kier molecular flexibility index (Phi) is 22.0. The van der Waals surface area contributed by atoms with Crippen molar-refractivity contribution in [3.8, 4) is 0 Å². The first-order valence-corrected chi connectivity index (χ1v) is 17.3. The molecule has 25 heteroatoms. The summed E-state index contributed by atoms with van der Waals surface area (Å²) in [5.74, 6) is -12.2. The van der Waals surface area contributed by atoms with Crippen LogP contribution in [-0.2, 0) is 19.2 Å². The van der Waals surface area contributed by atoms with E-state index in [9.17, 15) is 91.0 Å². The predicted molar refractivity (Wildman–Crippen MR) is 176 cm³/mol. The molecule has 0 bridgehead atoms. The van der Waals surface area contributed by atoms with Gasteiger partial charge in [-0.1, -0.05) is 43.8 Å². The van der Waals surface area contributed by atoms with Crippen LogP contribution in [0.25, 0.3) is 0 Å². The van der Waals surface area contributed by atoms with E-state index in [0.29, 0.717) is 0 Å². The minimum Gasteiger partial charge on any atom is -0.330 e. The van der Waals surface area contributed by atoms with Gasteiger partial charge in [-0.25, -0.2) is 45.3 Å². The van der Waals surface area contributed by atoms with Gasteiger partial charge in [0.25, 0.3) is 0 Å². The molecule has 57 heavy (non-hydrogen) atoms. The van der Waals surface area contributed by atoms with E-state index in [2.05, 4.69) is 0 Å². The summed E-state index contributed by atoms with van der Waals surface area (Å²) in [7, 11) is 0. The number of carbonyl (C=O) groups excluding carboxylic acids is 8. The Bertz CT molecular complexity index is 1650. The zero-order valence-electron chi connectivity index (χ0n) is 27.2. The number of rotatable bonds is 12. The molecule has 0 aromatic carbocycles. The molecular weight excluding hydrogens is 1010 g/mol. The van der Waals surface area contributed by atoms with Crippen molar-refractivity contribution in [2.75, 3.05) is 0 Å². The van der Waals surface area contributed by atoms with E-state index >= 15 is 0 Å². The third kappa shape index (κ3) is 20.4. The number of carbonyl (C=O) groups is 8. The Morgan fingerprint density at radius 2 is 0.509 bits per heavy atom. The molecule has 304 valence electrons. The summed E-state index contributed by atoms with van der Waals surface area (Å²) in [5.41, 5.74) is 0. The van der Waals surface area contributed by atoms with Crippen LogP contribution in [0.3, 0.4) is 0 Å². The van der Waals surface area contributed by atoms with Crippen LogP contribution in [0.2, 0.25) is 0 Å². The van der Waals surface area contributed by atoms with Crippen molar-refractivity contribution in [2.24, 2.45) is 0 Å². The molecule has 0 amide bonds. The Hall–Kier alpha value is -3.82. The first-order chi connectivity index (χ1) is 25.6. The van der Waals surface area contributed by atoms with E-state index < -0.39 is 71.0 Å². The topological polar surface area (TPSA) is 137 Å². The first kappa shape index (κ1) is 53.2. The van der Waals surface area contributed by atoms with Gasteiger partial charge in [0.05, 0.1) is 0 Å². The van der Waals surface area contributed by atoms with Crippen LogP contribution in [0.4, 0.5) is 52.7 Å². The summed E-state index contributed by atoms with van der Waals surface area (Å²) in [5, 5.41) is 6.16. The van der Waals surface area contributed by atoms with Gasteiger partial charge in [0.2, 0.25) is 0 Å². The number of alkyl halides is 12. The molecule has 0 spiro atoms. The van der Waals surface area contributed by atoms with Crippen molar-refractivity contribution < 1.29 is 133 Å². The fourth-order valence-electron chi connectivity index (χ4n) is 2.76. The van der Waals surface area contributed by atoms with Crippen LogP contribution < -0.4 is 0 Å². The van der Waals surface area contributed by atoms with Crippen molar-refractivity contribution in [2.45, 2.75) is 24.7 Å². The van der Waals surface area contributed by atoms with Crippen molar-refractivity contribution >= 4 is 91.6 Å². The summed E-state index contributed by atoms with van der Waals surface area (Å²) < 4.78 is 141. The molecule has 0 radical (unpaired) electrons. The monoisotopic (exact) mass is 1020 g/mol. The van der Waals surface area contributed by atoms with Gasteiger partial charge >= 0.3 is 66.5 Å². The van der Waals surface area contributed by atoms with Crippen molar-refractivity contribution in [1.29, 1.82) is 0 Å². The van der Waals surface area contributed by atoms with E-state index in [-0.39, 0.29) is 86.9 Å². The van der Waals surface area contributed by atoms with E-state index in [0.717, 1.165) is 45.3 Å². The van der Waals surface area contributed by atoms with Gasteiger partial charge < -0.3 is 38.4 Å². The molecule has 0 aliphatic carbocycles. The van der Waals surface area contributed by atoms with Crippen LogP contribution in [0, 0.1) is 67.4 Å². The maximum Gasteiger partial charge on any atom is 4.00 e. The Labute approximate surface area is 361 Å². The average Bonchev–Trinajstić information content (AvgIpc) is 3.92. The Morgan fingerprint density at radius 1 is 0.351 bits per heavy atom. The fraction of sp³-hybridized carbons (Fsp3) is 0.125. The number of hydrogen-bond acceptors (Lipinski definition) is 12. The van der Waals surface area contributed by atoms with E-state index in [1.165, 1.54) is 48.5 Å². The second-order valence-corrected chi connectivity index (χ2v) is 13.2. The standard InChI is InChI=1S/4C8H4F3O2S.Ce/c4*9-8(10,11)7(13)4-5(12)6-2-1-3-14-6;/h4*1-4H;/q4*-1;+4. The molecule has 4 aromatic rings. The van der Waals surface area contributed by atoms with Crippen LogP contribution >= 0.6 is 45.3 Å². The maximum atomic E-state index is 11.7. The summed E-state index contributed by atoms with van der Waals surface area (Å²) in [6.07, 6.45) is -19.7. The van der Waals surface area contributed by atoms with E-state index in [4.69, 9.17) is 0 Å². The van der Waals surface area contributed by atoms with Gasteiger partial charge in [0.15, 0.2) is 23.1 Å². The zero-order chi connectivity index (χ0) is 43.1. The third-order valence-electron chi connectivity index (χ3n) is 5.22. The molecule has 8 nitrogen and oxygen atoms in total. The first-order valence-electron chi connectivity index (χ1n) is 13.8. The SMILES string of the molecule is O=C([CH-]C(=O)C(F)(F)F)c1cccs1.O=C([CH-]C(=O)C(F)(F)F)c1cccs1.O=C([CH-]C(=O)C(F)(F)F)c1cccs1.O=C([CH-]C(=O)C(F)(F)F)c1cccs1.[Ce+4]. The molecule has 0 aliphatic rings. The predicted octanol–water partition coefficient (Wildman–Crippen LogP) is 9.07. The third-order valence-corrected chi connectivity index (χ3v) is 8.76. The Morgan fingerprint density at radius 3 is 0.614 bits per heavy atom. The number of thiophene rings is 4. The largest absolute Gasteiger partial charge is 4.00 e. The van der Waals surface area contributed by atoms with Crippen LogP contribution in [0.15, 0.2) is 70.1 Å². The molecule has 4 aromatic heterocycles. The van der Waals surface area contributed by atoms with E-state index in [1.807, 2.05) is 0 Å². The van der Waals surface area contributed by atoms with Crippen molar-refractivity contribution in [1.82, 2.24) is 0 Å². The molecule has 4 rings (SSSR count). The molecule has 0 unspecified atom stereocenters. The molecule has 0 saturated heterocycles. The van der Waals surface area contributed by atoms with E-state index in [1.54, 1.807) is 21.5 Å². The van der Waals surface area contributed by atoms with Gasteiger partial charge in [0.1, 0.15) is 0 Å². The maximum absolute atomic E-state index is 11.7. The summed E-state index contributed by atoms with van der Waals surface area (Å²) in [6.45, 7) is 0. The second kappa shape index (κ2) is 23.5. The fourth-order valence-corrected chi connectivity index (χ4v) is 5.31. The minimum absolute atomic E-state index is 0. The number of hydrogen-bond donors (Lipinski definition) is 0. The summed E-state index contributed by atoms with van der Waals surface area (Å²) >= 11 is 3.93. The van der Waals surface area contributed by atoms with Gasteiger partial charge in [-0.05, 0) is 21.5 Å². The number of Topliss-reactive ketones (excluding diaryl/α,β-unsaturated/α-hetero) is 8. The van der Waals surface area contributed by atoms with Gasteiger partial charge in [-0.15, -0.1) is 49.9 Å². The molecule has 0 fully saturated rings. The molecule has 0 saturated carbocycles. The van der Waals surface area contributed by atoms with Crippen molar-refractivity contribution in [3.63, 3.8) is 0 Å².